The van der Waals surface area contributed by atoms with Crippen LogP contribution in [-0.2, 0) is 11.3 Å². The van der Waals surface area contributed by atoms with Gasteiger partial charge in [0.15, 0.2) is 5.96 Å². The Kier molecular flexibility index (Phi) is 12.1. The number of carbonyl (C=O) groups is 1. The quantitative estimate of drug-likeness (QED) is 0.346. The summed E-state index contributed by atoms with van der Waals surface area (Å²) in [4.78, 5) is 18.1. The van der Waals surface area contributed by atoms with Gasteiger partial charge in [-0.1, -0.05) is 41.1 Å². The van der Waals surface area contributed by atoms with Crippen LogP contribution in [0.2, 0.25) is 0 Å². The van der Waals surface area contributed by atoms with Crippen LogP contribution >= 0.6 is 39.9 Å². The van der Waals surface area contributed by atoms with Crippen LogP contribution < -0.4 is 10.6 Å². The molecular formula is C16H26BrIN4O. The molecule has 0 atom stereocenters. The third-order valence-electron chi connectivity index (χ3n) is 3.01. The first-order valence-electron chi connectivity index (χ1n) is 7.58. The van der Waals surface area contributed by atoms with Crippen LogP contribution in [0.15, 0.2) is 33.7 Å². The standard InChI is InChI=1S/C16H25BrN4O.HI/c1-4-10-19-15(22)11-20-16(18-5-2)21(3)12-13-8-6-7-9-14(13)17;/h6-9H,4-5,10-12H2,1-3H3,(H,18,20)(H,19,22);1H. The van der Waals surface area contributed by atoms with Crippen LogP contribution in [0.1, 0.15) is 25.8 Å². The van der Waals surface area contributed by atoms with Crippen molar-refractivity contribution in [3.63, 3.8) is 0 Å². The second-order valence-electron chi connectivity index (χ2n) is 4.97. The highest BCUT2D eigenvalue weighted by molar-refractivity contribution is 14.0. The van der Waals surface area contributed by atoms with E-state index in [-0.39, 0.29) is 36.4 Å². The lowest BCUT2D eigenvalue weighted by Gasteiger charge is -2.22. The number of nitrogens with one attached hydrogen (secondary N) is 2. The first kappa shape index (κ1) is 22.2. The fraction of sp³-hybridized carbons (Fsp3) is 0.500. The molecule has 1 amide bonds. The fourth-order valence-electron chi connectivity index (χ4n) is 1.89. The van der Waals surface area contributed by atoms with Crippen LogP contribution in [0.3, 0.4) is 0 Å². The summed E-state index contributed by atoms with van der Waals surface area (Å²) < 4.78 is 1.07. The molecule has 2 N–H and O–H groups in total. The summed E-state index contributed by atoms with van der Waals surface area (Å²) in [5.74, 6) is 0.677. The maximum absolute atomic E-state index is 11.7. The summed E-state index contributed by atoms with van der Waals surface area (Å²) in [7, 11) is 1.96. The number of amides is 1. The molecule has 0 aliphatic heterocycles. The second kappa shape index (κ2) is 12.6. The van der Waals surface area contributed by atoms with Gasteiger partial charge in [0.1, 0.15) is 6.54 Å². The lowest BCUT2D eigenvalue weighted by atomic mass is 10.2. The molecule has 23 heavy (non-hydrogen) atoms. The minimum Gasteiger partial charge on any atom is -0.357 e. The third kappa shape index (κ3) is 8.55. The van der Waals surface area contributed by atoms with E-state index in [9.17, 15) is 4.79 Å². The van der Waals surface area contributed by atoms with Gasteiger partial charge in [-0.05, 0) is 25.0 Å². The largest absolute Gasteiger partial charge is 0.357 e. The molecule has 0 heterocycles. The van der Waals surface area contributed by atoms with Crippen molar-refractivity contribution >= 4 is 51.8 Å². The summed E-state index contributed by atoms with van der Waals surface area (Å²) in [5, 5.41) is 6.04. The number of guanidine groups is 1. The van der Waals surface area contributed by atoms with Gasteiger partial charge < -0.3 is 15.5 Å². The molecule has 0 aliphatic carbocycles. The normalized spacial score (nSPS) is 10.7. The molecule has 0 unspecified atom stereocenters. The molecule has 0 spiro atoms. The van der Waals surface area contributed by atoms with Crippen molar-refractivity contribution in [2.45, 2.75) is 26.8 Å². The smallest absolute Gasteiger partial charge is 0.241 e. The SMILES string of the molecule is CCCNC(=O)CN=C(NCC)N(C)Cc1ccccc1Br.I. The highest BCUT2D eigenvalue weighted by atomic mass is 127. The number of nitrogens with zero attached hydrogens (tertiary/aromatic N) is 2. The Bertz CT molecular complexity index is 511. The number of carbonyl (C=O) groups excluding carboxylic acids is 1. The molecule has 0 radical (unpaired) electrons. The Balaban J connectivity index is 0.00000484. The van der Waals surface area contributed by atoms with Crippen molar-refractivity contribution in [1.29, 1.82) is 0 Å². The first-order valence-corrected chi connectivity index (χ1v) is 8.37. The zero-order chi connectivity index (χ0) is 16.4. The van der Waals surface area contributed by atoms with Crippen LogP contribution in [0, 0.1) is 0 Å². The van der Waals surface area contributed by atoms with Crippen molar-refractivity contribution < 1.29 is 4.79 Å². The zero-order valence-corrected chi connectivity index (χ0v) is 17.9. The van der Waals surface area contributed by atoms with E-state index in [1.807, 2.05) is 44.0 Å². The highest BCUT2D eigenvalue weighted by Crippen LogP contribution is 2.17. The molecule has 0 aliphatic rings. The molecule has 0 fully saturated rings. The molecule has 1 aromatic rings. The van der Waals surface area contributed by atoms with Gasteiger partial charge in [-0.3, -0.25) is 4.79 Å². The number of hydrogen-bond acceptors (Lipinski definition) is 2. The topological polar surface area (TPSA) is 56.7 Å². The number of benzene rings is 1. The summed E-state index contributed by atoms with van der Waals surface area (Å²) in [6.45, 7) is 6.35. The van der Waals surface area contributed by atoms with Crippen LogP contribution in [-0.4, -0.2) is 43.4 Å². The molecule has 0 saturated heterocycles. The number of halogens is 2. The summed E-state index contributed by atoms with van der Waals surface area (Å²) in [6.07, 6.45) is 0.928. The molecule has 0 saturated carbocycles. The van der Waals surface area contributed by atoms with Gasteiger partial charge in [0, 0.05) is 31.2 Å². The van der Waals surface area contributed by atoms with E-state index in [0.29, 0.717) is 13.1 Å². The maximum Gasteiger partial charge on any atom is 0.241 e. The van der Waals surface area contributed by atoms with Gasteiger partial charge in [0.05, 0.1) is 0 Å². The van der Waals surface area contributed by atoms with Gasteiger partial charge >= 0.3 is 0 Å². The van der Waals surface area contributed by atoms with Gasteiger partial charge in [-0.15, -0.1) is 24.0 Å². The van der Waals surface area contributed by atoms with E-state index in [1.165, 1.54) is 5.56 Å². The predicted molar refractivity (Wildman–Crippen MR) is 110 cm³/mol. The molecule has 0 aromatic heterocycles. The zero-order valence-electron chi connectivity index (χ0n) is 13.9. The minimum absolute atomic E-state index is 0. The molecule has 0 bridgehead atoms. The van der Waals surface area contributed by atoms with Gasteiger partial charge in [-0.2, -0.15) is 0 Å². The van der Waals surface area contributed by atoms with Crippen molar-refractivity contribution in [3.05, 3.63) is 34.3 Å². The van der Waals surface area contributed by atoms with E-state index >= 15 is 0 Å². The van der Waals surface area contributed by atoms with E-state index in [1.54, 1.807) is 0 Å². The Morgan fingerprint density at radius 3 is 2.57 bits per heavy atom. The molecule has 1 rings (SSSR count). The molecule has 7 heteroatoms. The van der Waals surface area contributed by atoms with E-state index in [0.717, 1.165) is 23.4 Å². The molecule has 5 nitrogen and oxygen atoms in total. The number of hydrogen-bond donors (Lipinski definition) is 2. The van der Waals surface area contributed by atoms with Gasteiger partial charge in [0.25, 0.3) is 0 Å². The van der Waals surface area contributed by atoms with Crippen molar-refractivity contribution in [1.82, 2.24) is 15.5 Å². The van der Waals surface area contributed by atoms with E-state index < -0.39 is 0 Å². The molecular weight excluding hydrogens is 471 g/mol. The van der Waals surface area contributed by atoms with Crippen molar-refractivity contribution in [2.75, 3.05) is 26.7 Å². The van der Waals surface area contributed by atoms with Gasteiger partial charge in [0.2, 0.25) is 5.91 Å². The maximum atomic E-state index is 11.7. The lowest BCUT2D eigenvalue weighted by Crippen LogP contribution is -2.39. The van der Waals surface area contributed by atoms with Gasteiger partial charge in [-0.25, -0.2) is 4.99 Å². The first-order chi connectivity index (χ1) is 10.6. The summed E-state index contributed by atoms with van der Waals surface area (Å²) in [5.41, 5.74) is 1.17. The predicted octanol–water partition coefficient (Wildman–Crippen LogP) is 2.99. The second-order valence-corrected chi connectivity index (χ2v) is 5.82. The Labute approximate surface area is 164 Å². The third-order valence-corrected chi connectivity index (χ3v) is 3.78. The fourth-order valence-corrected chi connectivity index (χ4v) is 2.30. The Hall–Kier alpha value is -0.830. The summed E-state index contributed by atoms with van der Waals surface area (Å²) in [6, 6.07) is 8.09. The molecule has 1 aromatic carbocycles. The highest BCUT2D eigenvalue weighted by Gasteiger charge is 2.09. The van der Waals surface area contributed by atoms with Crippen molar-refractivity contribution in [2.24, 2.45) is 4.99 Å². The summed E-state index contributed by atoms with van der Waals surface area (Å²) >= 11 is 3.55. The minimum atomic E-state index is -0.0495. The Morgan fingerprint density at radius 2 is 1.96 bits per heavy atom. The van der Waals surface area contributed by atoms with Crippen LogP contribution in [0.4, 0.5) is 0 Å². The average molecular weight is 497 g/mol. The van der Waals surface area contributed by atoms with Crippen LogP contribution in [0.25, 0.3) is 0 Å². The molecule has 130 valence electrons. The lowest BCUT2D eigenvalue weighted by molar-refractivity contribution is -0.119. The Morgan fingerprint density at radius 1 is 1.26 bits per heavy atom. The average Bonchev–Trinajstić information content (AvgIpc) is 2.51. The number of aliphatic imine (C=N–C) groups is 1. The van der Waals surface area contributed by atoms with E-state index in [4.69, 9.17) is 0 Å². The van der Waals surface area contributed by atoms with Crippen LogP contribution in [0.5, 0.6) is 0 Å². The number of rotatable bonds is 7. The van der Waals surface area contributed by atoms with Crippen molar-refractivity contribution in [3.8, 4) is 0 Å². The monoisotopic (exact) mass is 496 g/mol. The van der Waals surface area contributed by atoms with E-state index in [2.05, 4.69) is 37.6 Å².